The summed E-state index contributed by atoms with van der Waals surface area (Å²) < 4.78 is 56.3. The van der Waals surface area contributed by atoms with E-state index in [1.54, 1.807) is 5.38 Å². The third kappa shape index (κ3) is 8.31. The Bertz CT molecular complexity index is 2130. The number of halogens is 4. The first kappa shape index (κ1) is 38.9. The van der Waals surface area contributed by atoms with Gasteiger partial charge >= 0.3 is 5.66 Å². The van der Waals surface area contributed by atoms with Crippen LogP contribution in [0.25, 0.3) is 21.3 Å². The van der Waals surface area contributed by atoms with Crippen molar-refractivity contribution in [1.82, 2.24) is 25.8 Å². The molecule has 0 unspecified atom stereocenters. The van der Waals surface area contributed by atoms with Gasteiger partial charge in [-0.1, -0.05) is 17.7 Å². The van der Waals surface area contributed by atoms with Gasteiger partial charge in [0.1, 0.15) is 22.9 Å². The number of thiophene rings is 1. The molecule has 0 radical (unpaired) electrons. The van der Waals surface area contributed by atoms with E-state index in [-0.39, 0.29) is 35.3 Å². The van der Waals surface area contributed by atoms with Gasteiger partial charge < -0.3 is 31.1 Å². The van der Waals surface area contributed by atoms with Crippen molar-refractivity contribution in [3.8, 4) is 11.3 Å². The Morgan fingerprint density at radius 2 is 1.92 bits per heavy atom. The topological polar surface area (TPSA) is 164 Å². The zero-order valence-electron chi connectivity index (χ0n) is 28.7. The van der Waals surface area contributed by atoms with E-state index < -0.39 is 65.9 Å². The molecule has 2 aromatic carbocycles. The number of fused-ring (bicyclic) bond motifs is 2. The van der Waals surface area contributed by atoms with E-state index in [4.69, 9.17) is 17.3 Å². The molecule has 2 aromatic heterocycles. The fourth-order valence-corrected chi connectivity index (χ4v) is 9.38. The van der Waals surface area contributed by atoms with Gasteiger partial charge in [-0.3, -0.25) is 19.2 Å². The number of nitrogens with zero attached hydrogens (tertiary/aromatic N) is 2. The second-order valence-electron chi connectivity index (χ2n) is 13.5. The van der Waals surface area contributed by atoms with Gasteiger partial charge in [-0.15, -0.1) is 22.7 Å². The van der Waals surface area contributed by atoms with Crippen molar-refractivity contribution in [2.45, 2.75) is 61.9 Å². The Labute approximate surface area is 316 Å². The summed E-state index contributed by atoms with van der Waals surface area (Å²) in [5.74, 6) is -2.62. The molecular formula is C35H37ClF3N6O5PS2. The molecule has 282 valence electrons. The highest BCUT2D eigenvalue weighted by molar-refractivity contribution is 7.63. The third-order valence-electron chi connectivity index (χ3n) is 9.46. The van der Waals surface area contributed by atoms with E-state index in [0.29, 0.717) is 52.2 Å². The number of primary amides is 1. The Morgan fingerprint density at radius 1 is 1.15 bits per heavy atom. The molecule has 4 aromatic rings. The SMILES string of the molecule is CP(C)(=O)C(F)(F)c1ccc2sc(C(=O)N[C@H]3CNCC[C@H]4CC[C@@H](C(=O)N[C@@H](CCC(N)=O)c5nc(-c6ccc(F)c(Cl)c6)cs5)N4C3=O)cc2c1. The number of amides is 4. The van der Waals surface area contributed by atoms with Crippen LogP contribution >= 0.6 is 41.4 Å². The Balaban J connectivity index is 1.19. The second-order valence-corrected chi connectivity index (χ2v) is 19.2. The summed E-state index contributed by atoms with van der Waals surface area (Å²) in [7, 11) is -3.81. The van der Waals surface area contributed by atoms with Crippen LogP contribution in [0.4, 0.5) is 13.2 Å². The third-order valence-corrected chi connectivity index (χ3v) is 13.4. The quantitative estimate of drug-likeness (QED) is 0.134. The first-order valence-electron chi connectivity index (χ1n) is 16.8. The van der Waals surface area contributed by atoms with E-state index in [1.807, 2.05) is 0 Å². The second kappa shape index (κ2) is 15.5. The van der Waals surface area contributed by atoms with Crippen LogP contribution < -0.4 is 21.7 Å². The van der Waals surface area contributed by atoms with Crippen molar-refractivity contribution in [3.05, 3.63) is 74.1 Å². The molecule has 4 amide bonds. The molecule has 0 saturated carbocycles. The highest BCUT2D eigenvalue weighted by Gasteiger charge is 2.46. The minimum Gasteiger partial charge on any atom is -0.370 e. The van der Waals surface area contributed by atoms with Crippen molar-refractivity contribution in [2.75, 3.05) is 26.4 Å². The monoisotopic (exact) mass is 808 g/mol. The lowest BCUT2D eigenvalue weighted by Gasteiger charge is -2.35. The van der Waals surface area contributed by atoms with Gasteiger partial charge in [0.05, 0.1) is 21.6 Å². The van der Waals surface area contributed by atoms with Gasteiger partial charge in [-0.2, -0.15) is 8.78 Å². The van der Waals surface area contributed by atoms with Gasteiger partial charge in [-0.25, -0.2) is 9.37 Å². The molecule has 5 N–H and O–H groups in total. The zero-order valence-corrected chi connectivity index (χ0v) is 31.9. The molecule has 18 heteroatoms. The summed E-state index contributed by atoms with van der Waals surface area (Å²) in [5.41, 5.74) is 2.56. The van der Waals surface area contributed by atoms with Gasteiger partial charge in [0, 0.05) is 40.2 Å². The Hall–Kier alpha value is -3.82. The summed E-state index contributed by atoms with van der Waals surface area (Å²) in [6.07, 6.45) is 1.61. The van der Waals surface area contributed by atoms with Crippen LogP contribution in [-0.4, -0.2) is 78.1 Å². The Morgan fingerprint density at radius 3 is 2.64 bits per heavy atom. The van der Waals surface area contributed by atoms with Crippen molar-refractivity contribution in [1.29, 1.82) is 0 Å². The maximum absolute atomic E-state index is 14.8. The fourth-order valence-electron chi connectivity index (χ4n) is 6.58. The number of nitrogens with two attached hydrogens (primary N) is 1. The maximum atomic E-state index is 14.8. The molecule has 0 aliphatic carbocycles. The summed E-state index contributed by atoms with van der Waals surface area (Å²) in [4.78, 5) is 59.7. The molecule has 6 rings (SSSR count). The molecule has 4 atom stereocenters. The van der Waals surface area contributed by atoms with Crippen molar-refractivity contribution in [2.24, 2.45) is 5.73 Å². The predicted octanol–water partition coefficient (Wildman–Crippen LogP) is 6.06. The fraction of sp³-hybridized carbons (Fsp3) is 0.400. The summed E-state index contributed by atoms with van der Waals surface area (Å²) in [6, 6.07) is 6.65. The first-order chi connectivity index (χ1) is 25.0. The van der Waals surface area contributed by atoms with E-state index in [9.17, 15) is 36.9 Å². The number of aromatic nitrogens is 1. The number of carbonyl (C=O) groups excluding carboxylic acids is 4. The summed E-state index contributed by atoms with van der Waals surface area (Å²) >= 11 is 8.28. The van der Waals surface area contributed by atoms with Crippen molar-refractivity contribution in [3.63, 3.8) is 0 Å². The van der Waals surface area contributed by atoms with Gasteiger partial charge in [0.25, 0.3) is 5.91 Å². The Kier molecular flexibility index (Phi) is 11.4. The smallest absolute Gasteiger partial charge is 0.322 e. The van der Waals surface area contributed by atoms with Crippen LogP contribution in [0.15, 0.2) is 47.8 Å². The number of carbonyl (C=O) groups is 4. The number of nitrogens with one attached hydrogen (secondary N) is 3. The summed E-state index contributed by atoms with van der Waals surface area (Å²) in [5, 5.41) is 11.5. The predicted molar refractivity (Wildman–Crippen MR) is 199 cm³/mol. The van der Waals surface area contributed by atoms with Crippen LogP contribution in [0.5, 0.6) is 0 Å². The van der Waals surface area contributed by atoms with Crippen LogP contribution in [0, 0.1) is 5.82 Å². The van der Waals surface area contributed by atoms with Crippen LogP contribution in [0.1, 0.15) is 58.4 Å². The van der Waals surface area contributed by atoms with Crippen LogP contribution in [0.2, 0.25) is 5.02 Å². The zero-order chi connectivity index (χ0) is 38.2. The largest absolute Gasteiger partial charge is 0.370 e. The number of hydrogen-bond acceptors (Lipinski definition) is 9. The average Bonchev–Trinajstić information content (AvgIpc) is 3.86. The van der Waals surface area contributed by atoms with Crippen molar-refractivity contribution < 1.29 is 36.9 Å². The molecule has 11 nitrogen and oxygen atoms in total. The molecule has 4 heterocycles. The maximum Gasteiger partial charge on any atom is 0.322 e. The number of hydrogen-bond donors (Lipinski definition) is 4. The molecule has 0 spiro atoms. The molecule has 0 bridgehead atoms. The van der Waals surface area contributed by atoms with Gasteiger partial charge in [0.15, 0.2) is 7.14 Å². The van der Waals surface area contributed by atoms with E-state index >= 15 is 0 Å². The minimum atomic E-state index is -3.81. The highest BCUT2D eigenvalue weighted by atomic mass is 35.5. The average molecular weight is 809 g/mol. The van der Waals surface area contributed by atoms with Crippen LogP contribution in [0.3, 0.4) is 0 Å². The molecule has 2 aliphatic rings. The number of alkyl halides is 2. The minimum absolute atomic E-state index is 0.0442. The number of thiazole rings is 1. The highest BCUT2D eigenvalue weighted by Crippen LogP contribution is 2.60. The number of benzene rings is 2. The first-order valence-corrected chi connectivity index (χ1v) is 21.5. The lowest BCUT2D eigenvalue weighted by Crippen LogP contribution is -2.60. The molecular weight excluding hydrogens is 772 g/mol. The molecule has 2 fully saturated rings. The lowest BCUT2D eigenvalue weighted by atomic mass is 10.1. The van der Waals surface area contributed by atoms with E-state index in [0.717, 1.165) is 24.7 Å². The molecule has 2 aliphatic heterocycles. The standard InChI is InChI=1S/C35H37ClF3N6O5PS2/c1-51(2,50)35(38,39)20-4-9-28-19(13-20)15-29(53-28)32(48)43-25-16-41-12-11-21-5-8-27(45(21)34(25)49)31(47)42-24(7-10-30(40)46)33-44-26(17-52-33)18-3-6-23(37)22(36)14-18/h3-4,6,9,13-15,17,21,24-25,27,41H,5,7-8,10-12,16H2,1-2H3,(H2,40,46)(H,42,47)(H,43,48)/t21-,24+,25+,27+/m1/s1. The van der Waals surface area contributed by atoms with Gasteiger partial charge in [-0.05, 0) is 87.3 Å². The normalized spacial score (nSPS) is 20.1. The number of rotatable bonds is 11. The summed E-state index contributed by atoms with van der Waals surface area (Å²) in [6.45, 7) is 2.68. The van der Waals surface area contributed by atoms with Gasteiger partial charge in [0.2, 0.25) is 17.7 Å². The lowest BCUT2D eigenvalue weighted by molar-refractivity contribution is -0.142. The van der Waals surface area contributed by atoms with Crippen molar-refractivity contribution >= 4 is 75.1 Å². The van der Waals surface area contributed by atoms with E-state index in [2.05, 4.69) is 20.9 Å². The molecule has 2 saturated heterocycles. The molecule has 53 heavy (non-hydrogen) atoms. The van der Waals surface area contributed by atoms with Crippen LogP contribution in [-0.2, 0) is 24.6 Å². The van der Waals surface area contributed by atoms with E-state index in [1.165, 1.54) is 58.7 Å².